The van der Waals surface area contributed by atoms with Gasteiger partial charge in [0.1, 0.15) is 5.75 Å². The molecule has 0 bridgehead atoms. The van der Waals surface area contributed by atoms with E-state index in [0.29, 0.717) is 17.5 Å². The van der Waals surface area contributed by atoms with Gasteiger partial charge in [-0.15, -0.1) is 13.2 Å². The number of carbonyl (C=O) groups is 1. The first-order chi connectivity index (χ1) is 8.17. The van der Waals surface area contributed by atoms with Gasteiger partial charge in [0, 0.05) is 0 Å². The maximum Gasteiger partial charge on any atom is 0.335 e. The van der Waals surface area contributed by atoms with Gasteiger partial charge in [-0.1, -0.05) is 12.2 Å². The van der Waals surface area contributed by atoms with Crippen LogP contribution in [0.1, 0.15) is 10.4 Å². The van der Waals surface area contributed by atoms with E-state index in [1.54, 1.807) is 12.1 Å². The Morgan fingerprint density at radius 3 is 2.41 bits per heavy atom. The van der Waals surface area contributed by atoms with Gasteiger partial charge in [0.05, 0.1) is 21.3 Å². The first kappa shape index (κ1) is 13.3. The molecule has 0 saturated heterocycles. The molecule has 0 aromatic heterocycles. The zero-order chi connectivity index (χ0) is 12.7. The third-order valence-electron chi connectivity index (χ3n) is 2.43. The molecule has 0 heterocycles. The van der Waals surface area contributed by atoms with E-state index in [1.807, 2.05) is 12.2 Å². The highest BCUT2D eigenvalue weighted by Crippen LogP contribution is 2.13. The first-order valence-corrected chi connectivity index (χ1v) is 7.20. The Hall–Kier alpha value is -1.81. The molecule has 0 aliphatic rings. The number of benzene rings is 1. The highest BCUT2D eigenvalue weighted by molar-refractivity contribution is 6.39. The molecular weight excluding hydrogens is 232 g/mol. The van der Waals surface area contributed by atoms with Crippen molar-refractivity contribution < 1.29 is 14.6 Å². The number of ether oxygens (including phenoxy) is 1. The smallest absolute Gasteiger partial charge is 0.335 e. The SMILES string of the molecule is C=CC(C=C)[SiH2]COc1ccc(C(=O)O)cc1. The summed E-state index contributed by atoms with van der Waals surface area (Å²) in [5.41, 5.74) is 0.651. The Kier molecular flexibility index (Phi) is 5.22. The lowest BCUT2D eigenvalue weighted by Gasteiger charge is -2.08. The second-order valence-electron chi connectivity index (χ2n) is 3.60. The summed E-state index contributed by atoms with van der Waals surface area (Å²) in [4.78, 5) is 10.6. The van der Waals surface area contributed by atoms with E-state index in [4.69, 9.17) is 9.84 Å². The average Bonchev–Trinajstić information content (AvgIpc) is 2.35. The van der Waals surface area contributed by atoms with Gasteiger partial charge in [0.25, 0.3) is 0 Å². The lowest BCUT2D eigenvalue weighted by Crippen LogP contribution is -2.10. The van der Waals surface area contributed by atoms with Crippen LogP contribution < -0.4 is 4.74 Å². The first-order valence-electron chi connectivity index (χ1n) is 5.38. The standard InChI is InChI=1S/C13H16O3Si/c1-3-12(4-2)17-9-16-11-7-5-10(6-8-11)13(14)15/h3-8,12H,1-2,9,17H2,(H,14,15). The van der Waals surface area contributed by atoms with Gasteiger partial charge in [-0.05, 0) is 29.8 Å². The monoisotopic (exact) mass is 248 g/mol. The number of hydrogen-bond donors (Lipinski definition) is 1. The highest BCUT2D eigenvalue weighted by atomic mass is 28.2. The number of hydrogen-bond acceptors (Lipinski definition) is 2. The molecule has 3 nitrogen and oxygen atoms in total. The Bertz CT molecular complexity index is 390. The van der Waals surface area contributed by atoms with Crippen LogP contribution in [0.2, 0.25) is 5.54 Å². The molecule has 0 saturated carbocycles. The summed E-state index contributed by atoms with van der Waals surface area (Å²) in [7, 11) is -0.419. The normalized spacial score (nSPS) is 10.6. The fourth-order valence-corrected chi connectivity index (χ4v) is 2.44. The fourth-order valence-electron chi connectivity index (χ4n) is 1.34. The second kappa shape index (κ2) is 6.70. The molecule has 0 atom stereocenters. The van der Waals surface area contributed by atoms with Crippen LogP contribution in [0.15, 0.2) is 49.6 Å². The molecule has 1 N–H and O–H groups in total. The highest BCUT2D eigenvalue weighted by Gasteiger charge is 2.03. The Morgan fingerprint density at radius 2 is 1.94 bits per heavy atom. The van der Waals surface area contributed by atoms with E-state index >= 15 is 0 Å². The van der Waals surface area contributed by atoms with Crippen LogP contribution in [0.4, 0.5) is 0 Å². The zero-order valence-corrected chi connectivity index (χ0v) is 11.0. The summed E-state index contributed by atoms with van der Waals surface area (Å²) in [6.07, 6.45) is 4.46. The predicted molar refractivity (Wildman–Crippen MR) is 71.6 cm³/mol. The van der Waals surface area contributed by atoms with Crippen LogP contribution in [-0.2, 0) is 0 Å². The van der Waals surface area contributed by atoms with Gasteiger partial charge in [-0.25, -0.2) is 4.79 Å². The predicted octanol–water partition coefficient (Wildman–Crippen LogP) is 2.05. The molecule has 0 radical (unpaired) electrons. The van der Waals surface area contributed by atoms with Gasteiger partial charge in [-0.3, -0.25) is 0 Å². The molecular formula is C13H16O3Si. The van der Waals surface area contributed by atoms with Gasteiger partial charge in [-0.2, -0.15) is 0 Å². The summed E-state index contributed by atoms with van der Waals surface area (Å²) in [5, 5.41) is 8.73. The topological polar surface area (TPSA) is 46.5 Å². The average molecular weight is 248 g/mol. The van der Waals surface area contributed by atoms with Crippen molar-refractivity contribution >= 4 is 15.5 Å². The minimum Gasteiger partial charge on any atom is -0.498 e. The molecule has 0 aliphatic heterocycles. The summed E-state index contributed by atoms with van der Waals surface area (Å²) in [6, 6.07) is 6.43. The zero-order valence-electron chi connectivity index (χ0n) is 9.63. The summed E-state index contributed by atoms with van der Waals surface area (Å²) < 4.78 is 5.55. The summed E-state index contributed by atoms with van der Waals surface area (Å²) in [6.45, 7) is 7.46. The van der Waals surface area contributed by atoms with Crippen molar-refractivity contribution in [2.75, 3.05) is 6.23 Å². The summed E-state index contributed by atoms with van der Waals surface area (Å²) >= 11 is 0. The molecule has 1 aromatic carbocycles. The number of carboxylic acids is 1. The molecule has 0 unspecified atom stereocenters. The van der Waals surface area contributed by atoms with Crippen molar-refractivity contribution in [2.24, 2.45) is 0 Å². The molecule has 1 aromatic rings. The Morgan fingerprint density at radius 1 is 1.35 bits per heavy atom. The third kappa shape index (κ3) is 4.28. The quantitative estimate of drug-likeness (QED) is 0.593. The lowest BCUT2D eigenvalue weighted by atomic mass is 10.2. The molecule has 1 rings (SSSR count). The van der Waals surface area contributed by atoms with Crippen LogP contribution in [-0.4, -0.2) is 26.8 Å². The molecule has 4 heteroatoms. The van der Waals surface area contributed by atoms with Crippen molar-refractivity contribution in [2.45, 2.75) is 5.54 Å². The number of allylic oxidation sites excluding steroid dienone is 2. The lowest BCUT2D eigenvalue weighted by molar-refractivity contribution is 0.0697. The van der Waals surface area contributed by atoms with Crippen molar-refractivity contribution in [3.8, 4) is 5.75 Å². The minimum absolute atomic E-state index is 0.268. The number of carboxylic acid groups (broad SMARTS) is 1. The molecule has 0 aliphatic carbocycles. The molecule has 0 fully saturated rings. The van der Waals surface area contributed by atoms with E-state index in [-0.39, 0.29) is 5.56 Å². The van der Waals surface area contributed by atoms with Gasteiger partial charge in [0.15, 0.2) is 0 Å². The molecule has 0 spiro atoms. The van der Waals surface area contributed by atoms with E-state index < -0.39 is 15.5 Å². The Labute approximate surface area is 103 Å². The van der Waals surface area contributed by atoms with E-state index in [0.717, 1.165) is 0 Å². The molecule has 0 amide bonds. The maximum absolute atomic E-state index is 10.6. The van der Waals surface area contributed by atoms with Gasteiger partial charge >= 0.3 is 5.97 Å². The van der Waals surface area contributed by atoms with E-state index in [2.05, 4.69) is 13.2 Å². The van der Waals surface area contributed by atoms with Crippen molar-refractivity contribution in [1.82, 2.24) is 0 Å². The van der Waals surface area contributed by atoms with Crippen LogP contribution in [0.25, 0.3) is 0 Å². The van der Waals surface area contributed by atoms with Gasteiger partial charge < -0.3 is 9.84 Å². The second-order valence-corrected chi connectivity index (χ2v) is 5.53. The maximum atomic E-state index is 10.6. The van der Waals surface area contributed by atoms with Crippen LogP contribution in [0.5, 0.6) is 5.75 Å². The van der Waals surface area contributed by atoms with Crippen molar-refractivity contribution in [1.29, 1.82) is 0 Å². The van der Waals surface area contributed by atoms with E-state index in [9.17, 15) is 4.79 Å². The number of rotatable bonds is 7. The van der Waals surface area contributed by atoms with E-state index in [1.165, 1.54) is 12.1 Å². The van der Waals surface area contributed by atoms with Gasteiger partial charge in [0.2, 0.25) is 0 Å². The minimum atomic E-state index is -0.927. The molecule has 90 valence electrons. The number of aromatic carboxylic acids is 1. The van der Waals surface area contributed by atoms with Crippen molar-refractivity contribution in [3.05, 3.63) is 55.1 Å². The Balaban J connectivity index is 2.44. The largest absolute Gasteiger partial charge is 0.498 e. The summed E-state index contributed by atoms with van der Waals surface area (Å²) in [5.74, 6) is -0.223. The van der Waals surface area contributed by atoms with Crippen LogP contribution in [0.3, 0.4) is 0 Å². The van der Waals surface area contributed by atoms with Crippen LogP contribution in [0, 0.1) is 0 Å². The fraction of sp³-hybridized carbons (Fsp3) is 0.154. The van der Waals surface area contributed by atoms with Crippen LogP contribution >= 0.6 is 0 Å². The molecule has 17 heavy (non-hydrogen) atoms. The third-order valence-corrected chi connectivity index (χ3v) is 4.20. The van der Waals surface area contributed by atoms with Crippen molar-refractivity contribution in [3.63, 3.8) is 0 Å².